The van der Waals surface area contributed by atoms with Crippen molar-refractivity contribution in [3.05, 3.63) is 28.3 Å². The van der Waals surface area contributed by atoms with E-state index in [-0.39, 0.29) is 41.6 Å². The normalized spacial score (nSPS) is 14.2. The van der Waals surface area contributed by atoms with Crippen molar-refractivity contribution in [2.24, 2.45) is 5.10 Å². The fourth-order valence-electron chi connectivity index (χ4n) is 1.57. The zero-order chi connectivity index (χ0) is 14.7. The lowest BCUT2D eigenvalue weighted by atomic mass is 10.1. The first-order valence-corrected chi connectivity index (χ1v) is 5.61. The van der Waals surface area contributed by atoms with Gasteiger partial charge in [0.05, 0.1) is 10.6 Å². The number of carbonyl (C=O) groups excluding carboxylic acids is 2. The number of anilines is 1. The average molecular weight is 278 g/mol. The van der Waals surface area contributed by atoms with Crippen LogP contribution in [0.4, 0.5) is 11.4 Å². The van der Waals surface area contributed by atoms with E-state index in [0.29, 0.717) is 0 Å². The number of carbonyl (C=O) groups is 2. The number of non-ortho nitro benzene ring substituents is 1. The summed E-state index contributed by atoms with van der Waals surface area (Å²) in [5.41, 5.74) is 1.88. The quantitative estimate of drug-likeness (QED) is 0.420. The summed E-state index contributed by atoms with van der Waals surface area (Å²) in [7, 11) is 0. The number of rotatable bonds is 3. The lowest BCUT2D eigenvalue weighted by Crippen LogP contribution is -2.32. The van der Waals surface area contributed by atoms with Crippen LogP contribution in [0.5, 0.6) is 5.75 Å². The van der Waals surface area contributed by atoms with E-state index in [1.807, 2.05) is 0 Å². The number of nitrogens with one attached hydrogen (secondary N) is 2. The van der Waals surface area contributed by atoms with E-state index in [2.05, 4.69) is 15.8 Å². The predicted molar refractivity (Wildman–Crippen MR) is 68.2 cm³/mol. The lowest BCUT2D eigenvalue weighted by molar-refractivity contribution is -0.384. The topological polar surface area (TPSA) is 134 Å². The molecular weight excluding hydrogens is 268 g/mol. The molecular formula is C11H10N4O5. The molecule has 20 heavy (non-hydrogen) atoms. The molecule has 1 aliphatic heterocycles. The van der Waals surface area contributed by atoms with Gasteiger partial charge in [-0.1, -0.05) is 0 Å². The van der Waals surface area contributed by atoms with Crippen LogP contribution < -0.4 is 10.7 Å². The van der Waals surface area contributed by atoms with Crippen LogP contribution in [0.1, 0.15) is 12.8 Å². The molecule has 0 saturated carbocycles. The Hall–Kier alpha value is -2.97. The molecule has 9 nitrogen and oxygen atoms in total. The fraction of sp³-hybridized carbons (Fsp3) is 0.182. The second kappa shape index (κ2) is 5.34. The predicted octanol–water partition coefficient (Wildman–Crippen LogP) is 0.505. The number of hydrazone groups is 1. The van der Waals surface area contributed by atoms with E-state index in [0.717, 1.165) is 18.2 Å². The fourth-order valence-corrected chi connectivity index (χ4v) is 1.57. The van der Waals surface area contributed by atoms with E-state index in [1.54, 1.807) is 0 Å². The minimum atomic E-state index is -0.645. The Bertz CT molecular complexity index is 625. The first-order chi connectivity index (χ1) is 9.47. The van der Waals surface area contributed by atoms with Crippen LogP contribution in [0.3, 0.4) is 0 Å². The molecule has 0 spiro atoms. The number of nitrogens with zero attached hydrogens (tertiary/aromatic N) is 2. The summed E-state index contributed by atoms with van der Waals surface area (Å²) in [4.78, 5) is 32.7. The summed E-state index contributed by atoms with van der Waals surface area (Å²) in [6.07, 6.45) is 0.292. The van der Waals surface area contributed by atoms with Crippen LogP contribution in [0, 0.1) is 10.1 Å². The van der Waals surface area contributed by atoms with Gasteiger partial charge in [-0.2, -0.15) is 5.10 Å². The minimum Gasteiger partial charge on any atom is -0.506 e. The number of hydrogen-bond donors (Lipinski definition) is 3. The maximum absolute atomic E-state index is 11.8. The highest BCUT2D eigenvalue weighted by Crippen LogP contribution is 2.27. The smallest absolute Gasteiger partial charge is 0.271 e. The van der Waals surface area contributed by atoms with Crippen molar-refractivity contribution >= 4 is 28.9 Å². The summed E-state index contributed by atoms with van der Waals surface area (Å²) in [5, 5.41) is 26.1. The third-order valence-electron chi connectivity index (χ3n) is 2.61. The molecule has 1 aromatic carbocycles. The molecule has 1 aromatic rings. The van der Waals surface area contributed by atoms with Gasteiger partial charge >= 0.3 is 0 Å². The number of phenols is 1. The number of benzene rings is 1. The first kappa shape index (κ1) is 13.5. The summed E-state index contributed by atoms with van der Waals surface area (Å²) in [6, 6.07) is 3.26. The third-order valence-corrected chi connectivity index (χ3v) is 2.61. The van der Waals surface area contributed by atoms with Crippen molar-refractivity contribution in [1.82, 2.24) is 5.43 Å². The highest BCUT2D eigenvalue weighted by molar-refractivity contribution is 6.43. The number of phenolic OH excluding ortho intramolecular Hbond substituents is 1. The highest BCUT2D eigenvalue weighted by Gasteiger charge is 2.20. The molecule has 0 aromatic heterocycles. The van der Waals surface area contributed by atoms with Gasteiger partial charge in [-0.25, -0.2) is 5.43 Å². The van der Waals surface area contributed by atoms with E-state index in [9.17, 15) is 24.8 Å². The average Bonchev–Trinajstić information content (AvgIpc) is 2.41. The van der Waals surface area contributed by atoms with Crippen molar-refractivity contribution in [3.8, 4) is 5.75 Å². The maximum Gasteiger partial charge on any atom is 0.271 e. The standard InChI is InChI=1S/C11H10N4O5/c16-9-3-1-6(15(19)20)5-8(9)12-11(18)7-2-4-10(17)14-13-7/h1,3,5,16H,2,4H2,(H,12,18)(H,14,17). The van der Waals surface area contributed by atoms with Gasteiger partial charge in [0.15, 0.2) is 0 Å². The lowest BCUT2D eigenvalue weighted by Gasteiger charge is -2.12. The first-order valence-electron chi connectivity index (χ1n) is 5.61. The Balaban J connectivity index is 2.17. The maximum atomic E-state index is 11.8. The molecule has 0 bridgehead atoms. The summed E-state index contributed by atoms with van der Waals surface area (Å²) < 4.78 is 0. The minimum absolute atomic E-state index is 0.0792. The molecule has 0 aliphatic carbocycles. The van der Waals surface area contributed by atoms with Crippen LogP contribution in [0.25, 0.3) is 0 Å². The van der Waals surface area contributed by atoms with Gasteiger partial charge < -0.3 is 10.4 Å². The van der Waals surface area contributed by atoms with Gasteiger partial charge in [0, 0.05) is 25.0 Å². The van der Waals surface area contributed by atoms with E-state index >= 15 is 0 Å². The second-order valence-corrected chi connectivity index (χ2v) is 4.01. The van der Waals surface area contributed by atoms with Gasteiger partial charge in [-0.15, -0.1) is 0 Å². The van der Waals surface area contributed by atoms with Crippen LogP contribution in [0.2, 0.25) is 0 Å². The Morgan fingerprint density at radius 2 is 2.20 bits per heavy atom. The molecule has 0 saturated heterocycles. The number of amides is 2. The molecule has 2 rings (SSSR count). The largest absolute Gasteiger partial charge is 0.506 e. The van der Waals surface area contributed by atoms with Gasteiger partial charge in [-0.05, 0) is 6.07 Å². The zero-order valence-electron chi connectivity index (χ0n) is 10.1. The molecule has 0 fully saturated rings. The molecule has 1 aliphatic rings. The number of nitro groups is 1. The Labute approximate surface area is 112 Å². The van der Waals surface area contributed by atoms with Crippen molar-refractivity contribution in [2.45, 2.75) is 12.8 Å². The SMILES string of the molecule is O=C1CCC(C(=O)Nc2cc([N+](=O)[O-])ccc2O)=NN1. The van der Waals surface area contributed by atoms with E-state index in [1.165, 1.54) is 0 Å². The molecule has 2 amide bonds. The Morgan fingerprint density at radius 1 is 1.45 bits per heavy atom. The van der Waals surface area contributed by atoms with Gasteiger partial charge in [0.1, 0.15) is 11.5 Å². The molecule has 0 radical (unpaired) electrons. The Morgan fingerprint density at radius 3 is 2.80 bits per heavy atom. The number of hydrogen-bond acceptors (Lipinski definition) is 6. The van der Waals surface area contributed by atoms with Gasteiger partial charge in [0.2, 0.25) is 5.91 Å². The van der Waals surface area contributed by atoms with Crippen molar-refractivity contribution in [2.75, 3.05) is 5.32 Å². The molecule has 0 unspecified atom stereocenters. The van der Waals surface area contributed by atoms with Gasteiger partial charge in [-0.3, -0.25) is 19.7 Å². The molecule has 104 valence electrons. The second-order valence-electron chi connectivity index (χ2n) is 4.01. The molecule has 3 N–H and O–H groups in total. The third kappa shape index (κ3) is 2.88. The van der Waals surface area contributed by atoms with Crippen molar-refractivity contribution in [1.29, 1.82) is 0 Å². The summed E-state index contributed by atoms with van der Waals surface area (Å²) >= 11 is 0. The van der Waals surface area contributed by atoms with Crippen LogP contribution >= 0.6 is 0 Å². The Kier molecular flexibility index (Phi) is 3.60. The van der Waals surface area contributed by atoms with Crippen LogP contribution in [0.15, 0.2) is 23.3 Å². The highest BCUT2D eigenvalue weighted by atomic mass is 16.6. The van der Waals surface area contributed by atoms with Crippen molar-refractivity contribution < 1.29 is 19.6 Å². The van der Waals surface area contributed by atoms with E-state index < -0.39 is 10.8 Å². The summed E-state index contributed by atoms with van der Waals surface area (Å²) in [5.74, 6) is -1.23. The molecule has 9 heteroatoms. The van der Waals surface area contributed by atoms with E-state index in [4.69, 9.17) is 0 Å². The molecule has 0 atom stereocenters. The van der Waals surface area contributed by atoms with Gasteiger partial charge in [0.25, 0.3) is 11.6 Å². The number of nitro benzene ring substituents is 1. The monoisotopic (exact) mass is 278 g/mol. The zero-order valence-corrected chi connectivity index (χ0v) is 10.1. The molecule has 1 heterocycles. The van der Waals surface area contributed by atoms with Crippen molar-refractivity contribution in [3.63, 3.8) is 0 Å². The van der Waals surface area contributed by atoms with Crippen LogP contribution in [-0.4, -0.2) is 27.6 Å². The summed E-state index contributed by atoms with van der Waals surface area (Å²) in [6.45, 7) is 0. The number of aromatic hydroxyl groups is 1. The van der Waals surface area contributed by atoms with Crippen LogP contribution in [-0.2, 0) is 9.59 Å².